The van der Waals surface area contributed by atoms with Gasteiger partial charge in [0.1, 0.15) is 0 Å². The van der Waals surface area contributed by atoms with Crippen LogP contribution in [-0.2, 0) is 35.1 Å². The van der Waals surface area contributed by atoms with Crippen molar-refractivity contribution in [3.05, 3.63) is 35.9 Å². The van der Waals surface area contributed by atoms with E-state index in [1.807, 2.05) is 59.7 Å². The van der Waals surface area contributed by atoms with Crippen LogP contribution in [0.4, 0.5) is 0 Å². The maximum atomic E-state index is 12.6. The van der Waals surface area contributed by atoms with Gasteiger partial charge in [-0.3, -0.25) is 34.0 Å². The maximum absolute atomic E-state index is 12.6. The van der Waals surface area contributed by atoms with Crippen molar-refractivity contribution >= 4 is 17.9 Å². The van der Waals surface area contributed by atoms with E-state index in [2.05, 4.69) is 31.7 Å². The van der Waals surface area contributed by atoms with Crippen LogP contribution in [0.25, 0.3) is 0 Å². The molecule has 1 aromatic rings. The fraction of sp³-hybridized carbons (Fsp3) is 0.727. The molecule has 43 heavy (non-hydrogen) atoms. The van der Waals surface area contributed by atoms with Gasteiger partial charge in [-0.15, -0.1) is 0 Å². The highest BCUT2D eigenvalue weighted by atomic mass is 16.5. The first-order chi connectivity index (χ1) is 20.5. The van der Waals surface area contributed by atoms with Crippen molar-refractivity contribution in [2.75, 3.05) is 91.8 Å². The Morgan fingerprint density at radius 2 is 1.07 bits per heavy atom. The van der Waals surface area contributed by atoms with Gasteiger partial charge >= 0.3 is 17.9 Å². The standard InChI is InChI=1S/C33H56N4O6/c1-27(2)24-41-31(38)21-35-15-12-34(13-16-36(18-17-35)22-32(39)42-25-28(3)4)14-19-37(20-30-10-8-7-9-11-30)23-33(40)43-26-29(5)6/h7-11,27-29H,12-26H2,1-6H3. The predicted molar refractivity (Wildman–Crippen MR) is 168 cm³/mol. The lowest BCUT2D eigenvalue weighted by Crippen LogP contribution is -2.43. The van der Waals surface area contributed by atoms with E-state index in [-0.39, 0.29) is 55.3 Å². The zero-order valence-corrected chi connectivity index (χ0v) is 27.5. The molecule has 1 fully saturated rings. The lowest BCUT2D eigenvalue weighted by atomic mass is 10.2. The maximum Gasteiger partial charge on any atom is 0.320 e. The van der Waals surface area contributed by atoms with Crippen molar-refractivity contribution < 1.29 is 28.6 Å². The molecule has 10 heteroatoms. The molecule has 1 aliphatic rings. The molecule has 0 bridgehead atoms. The minimum absolute atomic E-state index is 0.216. The normalized spacial score (nSPS) is 15.9. The summed E-state index contributed by atoms with van der Waals surface area (Å²) in [7, 11) is 0. The van der Waals surface area contributed by atoms with Gasteiger partial charge in [-0.1, -0.05) is 71.9 Å². The Kier molecular flexibility index (Phi) is 17.4. The summed E-state index contributed by atoms with van der Waals surface area (Å²) >= 11 is 0. The molecule has 0 aliphatic carbocycles. The van der Waals surface area contributed by atoms with Gasteiger partial charge in [-0.05, 0) is 23.3 Å². The van der Waals surface area contributed by atoms with Gasteiger partial charge in [-0.2, -0.15) is 0 Å². The molecule has 0 spiro atoms. The SMILES string of the molecule is CC(C)COC(=O)CN1CCN(CCN(CC(=O)OCC(C)C)Cc2ccccc2)CCN(CC(=O)OCC(C)C)CC1. The number of hydrogen-bond donors (Lipinski definition) is 0. The van der Waals surface area contributed by atoms with Crippen LogP contribution in [0.5, 0.6) is 0 Å². The summed E-state index contributed by atoms with van der Waals surface area (Å²) in [5, 5.41) is 0. The molecule has 0 N–H and O–H groups in total. The van der Waals surface area contributed by atoms with E-state index in [9.17, 15) is 14.4 Å². The predicted octanol–water partition coefficient (Wildman–Crippen LogP) is 3.01. The van der Waals surface area contributed by atoms with Crippen LogP contribution in [0, 0.1) is 17.8 Å². The first-order valence-electron chi connectivity index (χ1n) is 15.9. The van der Waals surface area contributed by atoms with Gasteiger partial charge in [0, 0.05) is 58.9 Å². The van der Waals surface area contributed by atoms with Crippen LogP contribution in [0.15, 0.2) is 30.3 Å². The summed E-state index contributed by atoms with van der Waals surface area (Å²) < 4.78 is 16.4. The van der Waals surface area contributed by atoms with E-state index in [1.165, 1.54) is 0 Å². The summed E-state index contributed by atoms with van der Waals surface area (Å²) in [5.41, 5.74) is 1.14. The number of benzene rings is 1. The highest BCUT2D eigenvalue weighted by Gasteiger charge is 2.22. The number of carbonyl (C=O) groups excluding carboxylic acids is 3. The molecule has 1 aliphatic heterocycles. The third kappa shape index (κ3) is 17.4. The third-order valence-corrected chi connectivity index (χ3v) is 6.97. The third-order valence-electron chi connectivity index (χ3n) is 6.97. The van der Waals surface area contributed by atoms with Gasteiger partial charge in [0.15, 0.2) is 0 Å². The largest absolute Gasteiger partial charge is 0.464 e. The Morgan fingerprint density at radius 1 is 0.651 bits per heavy atom. The molecule has 1 heterocycles. The van der Waals surface area contributed by atoms with E-state index < -0.39 is 0 Å². The Labute approximate surface area is 259 Å². The number of carbonyl (C=O) groups is 3. The number of hydrogen-bond acceptors (Lipinski definition) is 10. The smallest absolute Gasteiger partial charge is 0.320 e. The fourth-order valence-corrected chi connectivity index (χ4v) is 4.53. The van der Waals surface area contributed by atoms with Crippen LogP contribution in [0.2, 0.25) is 0 Å². The molecule has 0 saturated carbocycles. The Balaban J connectivity index is 2.08. The number of nitrogens with zero attached hydrogens (tertiary/aromatic N) is 4. The molecular formula is C33H56N4O6. The summed E-state index contributed by atoms with van der Waals surface area (Å²) in [6, 6.07) is 10.1. The summed E-state index contributed by atoms with van der Waals surface area (Å²) in [6.07, 6.45) is 0. The molecule has 0 atom stereocenters. The van der Waals surface area contributed by atoms with Crippen molar-refractivity contribution in [2.24, 2.45) is 17.8 Å². The lowest BCUT2D eigenvalue weighted by molar-refractivity contribution is -0.147. The minimum Gasteiger partial charge on any atom is -0.464 e. The average Bonchev–Trinajstić information content (AvgIpc) is 3.04. The summed E-state index contributed by atoms with van der Waals surface area (Å²) in [6.45, 7) is 20.3. The van der Waals surface area contributed by atoms with E-state index in [1.54, 1.807) is 0 Å². The number of rotatable bonds is 17. The highest BCUT2D eigenvalue weighted by molar-refractivity contribution is 5.72. The van der Waals surface area contributed by atoms with Crippen molar-refractivity contribution in [3.63, 3.8) is 0 Å². The van der Waals surface area contributed by atoms with Crippen molar-refractivity contribution in [3.8, 4) is 0 Å². The Bertz CT molecular complexity index is 905. The van der Waals surface area contributed by atoms with Gasteiger partial charge in [0.05, 0.1) is 39.5 Å². The zero-order chi connectivity index (χ0) is 31.6. The zero-order valence-electron chi connectivity index (χ0n) is 27.5. The number of ether oxygens (including phenoxy) is 3. The lowest BCUT2D eigenvalue weighted by Gasteiger charge is -2.29. The fourth-order valence-electron chi connectivity index (χ4n) is 4.53. The van der Waals surface area contributed by atoms with Gasteiger partial charge in [0.25, 0.3) is 0 Å². The molecule has 0 unspecified atom stereocenters. The Morgan fingerprint density at radius 3 is 1.51 bits per heavy atom. The van der Waals surface area contributed by atoms with E-state index >= 15 is 0 Å². The van der Waals surface area contributed by atoms with E-state index in [4.69, 9.17) is 14.2 Å². The molecular weight excluding hydrogens is 548 g/mol. The quantitative estimate of drug-likeness (QED) is 0.195. The van der Waals surface area contributed by atoms with Gasteiger partial charge < -0.3 is 14.2 Å². The van der Waals surface area contributed by atoms with Crippen LogP contribution in [0.1, 0.15) is 47.1 Å². The first kappa shape index (κ1) is 36.7. The van der Waals surface area contributed by atoms with Crippen LogP contribution < -0.4 is 0 Å². The van der Waals surface area contributed by atoms with Crippen LogP contribution >= 0.6 is 0 Å². The molecule has 244 valence electrons. The van der Waals surface area contributed by atoms with E-state index in [0.29, 0.717) is 59.1 Å². The second-order valence-corrected chi connectivity index (χ2v) is 12.8. The average molecular weight is 605 g/mol. The molecule has 0 radical (unpaired) electrons. The van der Waals surface area contributed by atoms with Crippen molar-refractivity contribution in [1.82, 2.24) is 19.6 Å². The van der Waals surface area contributed by atoms with Gasteiger partial charge in [-0.25, -0.2) is 0 Å². The highest BCUT2D eigenvalue weighted by Crippen LogP contribution is 2.08. The molecule has 2 rings (SSSR count). The molecule has 0 aromatic heterocycles. The second kappa shape index (κ2) is 20.4. The number of esters is 3. The monoisotopic (exact) mass is 604 g/mol. The molecule has 0 amide bonds. The molecule has 1 aromatic carbocycles. The van der Waals surface area contributed by atoms with Gasteiger partial charge in [0.2, 0.25) is 0 Å². The topological polar surface area (TPSA) is 91.9 Å². The molecule has 1 saturated heterocycles. The first-order valence-corrected chi connectivity index (χ1v) is 15.9. The Hall–Kier alpha value is -2.53. The van der Waals surface area contributed by atoms with Crippen molar-refractivity contribution in [1.29, 1.82) is 0 Å². The summed E-state index contributed by atoms with van der Waals surface area (Å²) in [5.74, 6) is 0.180. The second-order valence-electron chi connectivity index (χ2n) is 12.8. The molecule has 10 nitrogen and oxygen atoms in total. The minimum atomic E-state index is -0.226. The summed E-state index contributed by atoms with van der Waals surface area (Å²) in [4.78, 5) is 46.5. The van der Waals surface area contributed by atoms with Crippen LogP contribution in [-0.4, -0.2) is 129 Å². The van der Waals surface area contributed by atoms with Crippen LogP contribution in [0.3, 0.4) is 0 Å². The van der Waals surface area contributed by atoms with E-state index in [0.717, 1.165) is 25.2 Å². The van der Waals surface area contributed by atoms with Crippen molar-refractivity contribution in [2.45, 2.75) is 48.1 Å².